The van der Waals surface area contributed by atoms with Crippen molar-refractivity contribution < 1.29 is 14.3 Å². The van der Waals surface area contributed by atoms with Crippen molar-refractivity contribution in [3.8, 4) is 0 Å². The molecule has 6 heteroatoms. The summed E-state index contributed by atoms with van der Waals surface area (Å²) in [7, 11) is 0. The second-order valence-corrected chi connectivity index (χ2v) is 7.60. The van der Waals surface area contributed by atoms with E-state index < -0.39 is 6.04 Å². The van der Waals surface area contributed by atoms with E-state index >= 15 is 0 Å². The van der Waals surface area contributed by atoms with Crippen LogP contribution in [-0.4, -0.2) is 29.1 Å². The van der Waals surface area contributed by atoms with Gasteiger partial charge in [-0.2, -0.15) is 0 Å². The van der Waals surface area contributed by atoms with Gasteiger partial charge in [0.2, 0.25) is 5.76 Å². The number of hydrogen-bond acceptors (Lipinski definition) is 4. The first-order valence-corrected chi connectivity index (χ1v) is 9.55. The zero-order chi connectivity index (χ0) is 20.0. The van der Waals surface area contributed by atoms with Crippen LogP contribution in [0.5, 0.6) is 0 Å². The molecule has 0 saturated carbocycles. The quantitative estimate of drug-likeness (QED) is 0.722. The summed E-state index contributed by atoms with van der Waals surface area (Å²) < 4.78 is 5.96. The van der Waals surface area contributed by atoms with E-state index in [4.69, 9.17) is 16.0 Å². The van der Waals surface area contributed by atoms with Crippen LogP contribution < -0.4 is 5.43 Å². The van der Waals surface area contributed by atoms with Gasteiger partial charge in [-0.3, -0.25) is 9.59 Å². The van der Waals surface area contributed by atoms with Gasteiger partial charge in [-0.25, -0.2) is 0 Å². The topological polar surface area (TPSA) is 70.8 Å². The average molecular weight is 398 g/mol. The van der Waals surface area contributed by atoms with Crippen LogP contribution in [0.3, 0.4) is 0 Å². The molecule has 0 fully saturated rings. The predicted octanol–water partition coefficient (Wildman–Crippen LogP) is 3.99. The molecule has 4 rings (SSSR count). The van der Waals surface area contributed by atoms with Gasteiger partial charge in [0.15, 0.2) is 5.43 Å². The van der Waals surface area contributed by atoms with Crippen LogP contribution in [0.15, 0.2) is 45.6 Å². The molecular formula is C22H20ClNO4. The molecule has 2 aromatic carbocycles. The summed E-state index contributed by atoms with van der Waals surface area (Å²) in [5, 5.41) is 10.3. The number of amides is 1. The standard InChI is InChI=1S/C22H20ClNO4/c1-12-9-13(2)17-16(10-12)28-21-18(20(17)26)19(14-5-3-6-15(23)11-14)24(22(21)27)7-4-8-25/h3,5-6,9-11,19,25H,4,7-8H2,1-2H3. The summed E-state index contributed by atoms with van der Waals surface area (Å²) in [6.45, 7) is 4.05. The van der Waals surface area contributed by atoms with Crippen molar-refractivity contribution in [2.75, 3.05) is 13.2 Å². The van der Waals surface area contributed by atoms with Crippen molar-refractivity contribution in [2.45, 2.75) is 26.3 Å². The van der Waals surface area contributed by atoms with Gasteiger partial charge in [0, 0.05) is 18.2 Å². The van der Waals surface area contributed by atoms with Crippen molar-refractivity contribution in [1.82, 2.24) is 4.90 Å². The third kappa shape index (κ3) is 2.91. The molecule has 1 unspecified atom stereocenters. The lowest BCUT2D eigenvalue weighted by Crippen LogP contribution is -2.31. The molecule has 0 aliphatic carbocycles. The highest BCUT2D eigenvalue weighted by molar-refractivity contribution is 6.30. The molecule has 0 spiro atoms. The van der Waals surface area contributed by atoms with Crippen molar-refractivity contribution >= 4 is 28.5 Å². The molecule has 1 atom stereocenters. The Labute approximate surface area is 167 Å². The maximum absolute atomic E-state index is 13.5. The number of aliphatic hydroxyl groups excluding tert-OH is 1. The first-order chi connectivity index (χ1) is 13.4. The zero-order valence-corrected chi connectivity index (χ0v) is 16.4. The van der Waals surface area contributed by atoms with Gasteiger partial charge >= 0.3 is 0 Å². The fourth-order valence-electron chi connectivity index (χ4n) is 4.01. The number of carbonyl (C=O) groups is 1. The molecule has 2 heterocycles. The van der Waals surface area contributed by atoms with E-state index in [2.05, 4.69) is 0 Å². The molecule has 1 N–H and O–H groups in total. The Morgan fingerprint density at radius 3 is 2.68 bits per heavy atom. The third-order valence-electron chi connectivity index (χ3n) is 5.13. The van der Waals surface area contributed by atoms with Crippen LogP contribution in [-0.2, 0) is 0 Å². The maximum atomic E-state index is 13.5. The number of halogens is 1. The summed E-state index contributed by atoms with van der Waals surface area (Å²) >= 11 is 6.17. The average Bonchev–Trinajstić information content (AvgIpc) is 2.92. The maximum Gasteiger partial charge on any atom is 0.290 e. The number of hydrogen-bond donors (Lipinski definition) is 1. The normalized spacial score (nSPS) is 16.1. The van der Waals surface area contributed by atoms with Crippen LogP contribution in [0.25, 0.3) is 11.0 Å². The minimum atomic E-state index is -0.589. The Bertz CT molecular complexity index is 1150. The van der Waals surface area contributed by atoms with Gasteiger partial charge in [0.05, 0.1) is 17.0 Å². The van der Waals surface area contributed by atoms with Gasteiger partial charge in [0.1, 0.15) is 5.58 Å². The van der Waals surface area contributed by atoms with E-state index in [9.17, 15) is 14.7 Å². The smallest absolute Gasteiger partial charge is 0.290 e. The minimum absolute atomic E-state index is 0.0515. The van der Waals surface area contributed by atoms with E-state index in [1.54, 1.807) is 29.2 Å². The second-order valence-electron chi connectivity index (χ2n) is 7.16. The van der Waals surface area contributed by atoms with E-state index in [0.717, 1.165) is 16.7 Å². The molecule has 28 heavy (non-hydrogen) atoms. The van der Waals surface area contributed by atoms with Crippen molar-refractivity contribution in [3.05, 3.63) is 79.7 Å². The molecule has 1 amide bonds. The van der Waals surface area contributed by atoms with Crippen LogP contribution in [0.1, 0.15) is 45.3 Å². The number of aryl methyl sites for hydroxylation is 2. The Morgan fingerprint density at radius 2 is 1.96 bits per heavy atom. The summed E-state index contributed by atoms with van der Waals surface area (Å²) in [5.74, 6) is -0.267. The van der Waals surface area contributed by atoms with Crippen molar-refractivity contribution in [2.24, 2.45) is 0 Å². The Balaban J connectivity index is 2.01. The first kappa shape index (κ1) is 18.7. The number of benzene rings is 2. The van der Waals surface area contributed by atoms with Crippen LogP contribution in [0, 0.1) is 13.8 Å². The predicted molar refractivity (Wildman–Crippen MR) is 108 cm³/mol. The molecule has 0 radical (unpaired) electrons. The van der Waals surface area contributed by atoms with Gasteiger partial charge in [-0.15, -0.1) is 0 Å². The largest absolute Gasteiger partial charge is 0.450 e. The first-order valence-electron chi connectivity index (χ1n) is 9.17. The lowest BCUT2D eigenvalue weighted by molar-refractivity contribution is 0.0716. The number of nitrogens with zero attached hydrogens (tertiary/aromatic N) is 1. The third-order valence-corrected chi connectivity index (χ3v) is 5.37. The molecule has 0 bridgehead atoms. The fourth-order valence-corrected chi connectivity index (χ4v) is 4.21. The molecular weight excluding hydrogens is 378 g/mol. The molecule has 1 aromatic heterocycles. The van der Waals surface area contributed by atoms with Gasteiger partial charge < -0.3 is 14.4 Å². The second kappa shape index (κ2) is 7.08. The summed E-state index contributed by atoms with van der Waals surface area (Å²) in [6.07, 6.45) is 0.405. The van der Waals surface area contributed by atoms with E-state index in [1.165, 1.54) is 0 Å². The molecule has 0 saturated heterocycles. The molecule has 144 valence electrons. The number of aliphatic hydroxyl groups is 1. The van der Waals surface area contributed by atoms with Crippen LogP contribution in [0.2, 0.25) is 5.02 Å². The lowest BCUT2D eigenvalue weighted by atomic mass is 9.97. The van der Waals surface area contributed by atoms with Gasteiger partial charge in [-0.05, 0) is 55.2 Å². The summed E-state index contributed by atoms with van der Waals surface area (Å²) in [5.41, 5.74) is 3.08. The van der Waals surface area contributed by atoms with Crippen LogP contribution >= 0.6 is 11.6 Å². The molecule has 5 nitrogen and oxygen atoms in total. The number of carbonyl (C=O) groups excluding carboxylic acids is 1. The Morgan fingerprint density at radius 1 is 1.18 bits per heavy atom. The fraction of sp³-hybridized carbons (Fsp3) is 0.273. The minimum Gasteiger partial charge on any atom is -0.450 e. The summed E-state index contributed by atoms with van der Waals surface area (Å²) in [4.78, 5) is 28.2. The van der Waals surface area contributed by atoms with Gasteiger partial charge in [0.25, 0.3) is 5.91 Å². The van der Waals surface area contributed by atoms with E-state index in [-0.39, 0.29) is 23.7 Å². The molecule has 1 aliphatic rings. The van der Waals surface area contributed by atoms with E-state index in [0.29, 0.717) is 34.5 Å². The highest BCUT2D eigenvalue weighted by Crippen LogP contribution is 2.39. The molecule has 3 aromatic rings. The highest BCUT2D eigenvalue weighted by atomic mass is 35.5. The Hall–Kier alpha value is -2.63. The Kier molecular flexibility index (Phi) is 4.73. The summed E-state index contributed by atoms with van der Waals surface area (Å²) in [6, 6.07) is 10.3. The van der Waals surface area contributed by atoms with Crippen LogP contribution in [0.4, 0.5) is 0 Å². The molecule has 1 aliphatic heterocycles. The number of fused-ring (bicyclic) bond motifs is 2. The lowest BCUT2D eigenvalue weighted by Gasteiger charge is -2.25. The SMILES string of the molecule is Cc1cc(C)c2c(=O)c3c(oc2c1)C(=O)N(CCCO)C3c1cccc(Cl)c1. The monoisotopic (exact) mass is 397 g/mol. The van der Waals surface area contributed by atoms with Gasteiger partial charge in [-0.1, -0.05) is 29.8 Å². The van der Waals surface area contributed by atoms with Crippen molar-refractivity contribution in [3.63, 3.8) is 0 Å². The van der Waals surface area contributed by atoms with Crippen molar-refractivity contribution in [1.29, 1.82) is 0 Å². The van der Waals surface area contributed by atoms with E-state index in [1.807, 2.05) is 26.0 Å². The highest BCUT2D eigenvalue weighted by Gasteiger charge is 2.42. The zero-order valence-electron chi connectivity index (χ0n) is 15.7. The number of rotatable bonds is 4.